The largest absolute Gasteiger partial charge is 0.264 e. The van der Waals surface area contributed by atoms with E-state index in [0.29, 0.717) is 25.7 Å². The second-order valence-electron chi connectivity index (χ2n) is 5.17. The van der Waals surface area contributed by atoms with Gasteiger partial charge in [-0.1, -0.05) is 30.3 Å². The van der Waals surface area contributed by atoms with E-state index in [-0.39, 0.29) is 11.0 Å². The normalized spacial score (nSPS) is 23.2. The van der Waals surface area contributed by atoms with Crippen molar-refractivity contribution in [1.82, 2.24) is 4.72 Å². The molecule has 2 rings (SSSR count). The van der Waals surface area contributed by atoms with Gasteiger partial charge >= 0.3 is 0 Å². The molecule has 0 heterocycles. The Kier molecular flexibility index (Phi) is 5.08. The van der Waals surface area contributed by atoms with Crippen LogP contribution in [-0.4, -0.2) is 25.4 Å². The van der Waals surface area contributed by atoms with Crippen molar-refractivity contribution in [2.75, 3.05) is 0 Å². The number of nitrogens with zero attached hydrogens (tertiary/aromatic N) is 1. The van der Waals surface area contributed by atoms with Gasteiger partial charge in [0.2, 0.25) is 16.1 Å². The molecule has 0 spiro atoms. The number of sulfonamides is 1. The van der Waals surface area contributed by atoms with Crippen LogP contribution >= 0.6 is 0 Å². The van der Waals surface area contributed by atoms with Gasteiger partial charge in [0.15, 0.2) is 0 Å². The van der Waals surface area contributed by atoms with Gasteiger partial charge in [0.1, 0.15) is 0 Å². The molecule has 114 valence electrons. The molecule has 0 unspecified atom stereocenters. The van der Waals surface area contributed by atoms with Crippen molar-refractivity contribution in [3.63, 3.8) is 0 Å². The van der Waals surface area contributed by atoms with Crippen LogP contribution in [0.4, 0.5) is 0 Å². The summed E-state index contributed by atoms with van der Waals surface area (Å²) in [5.74, 6) is 0. The lowest BCUT2D eigenvalue weighted by Gasteiger charge is -2.23. The first kappa shape index (κ1) is 15.7. The summed E-state index contributed by atoms with van der Waals surface area (Å²) in [5, 5.41) is 11.8. The van der Waals surface area contributed by atoms with Gasteiger partial charge in [0.25, 0.3) is 0 Å². The fourth-order valence-corrected chi connectivity index (χ4v) is 3.52. The Morgan fingerprint density at radius 3 is 2.33 bits per heavy atom. The standard InChI is InChI=1S/C14H18N2O4S/c17-16(18)14-8-6-13(7-9-14)15-21(19,20)11-10-12-4-2-1-3-5-12/h1-5,10-11,13-15H,6-9H2/b11-10+. The van der Waals surface area contributed by atoms with Crippen LogP contribution in [0.2, 0.25) is 0 Å². The van der Waals surface area contributed by atoms with Gasteiger partial charge in [-0.25, -0.2) is 13.1 Å². The van der Waals surface area contributed by atoms with Crippen LogP contribution in [0, 0.1) is 10.1 Å². The molecular weight excluding hydrogens is 292 g/mol. The van der Waals surface area contributed by atoms with Gasteiger partial charge in [-0.05, 0) is 24.5 Å². The highest BCUT2D eigenvalue weighted by Gasteiger charge is 2.29. The third-order valence-electron chi connectivity index (χ3n) is 3.56. The number of hydrogen-bond donors (Lipinski definition) is 1. The maximum absolute atomic E-state index is 12.0. The van der Waals surface area contributed by atoms with Crippen LogP contribution in [0.5, 0.6) is 0 Å². The summed E-state index contributed by atoms with van der Waals surface area (Å²) in [4.78, 5) is 10.4. The van der Waals surface area contributed by atoms with Crippen molar-refractivity contribution in [2.24, 2.45) is 0 Å². The molecule has 1 aromatic rings. The van der Waals surface area contributed by atoms with E-state index in [2.05, 4.69) is 4.72 Å². The topological polar surface area (TPSA) is 89.3 Å². The van der Waals surface area contributed by atoms with Crippen molar-refractivity contribution in [3.8, 4) is 0 Å². The van der Waals surface area contributed by atoms with E-state index in [1.807, 2.05) is 30.3 Å². The smallest absolute Gasteiger partial charge is 0.233 e. The molecule has 0 amide bonds. The third kappa shape index (κ3) is 4.95. The maximum atomic E-state index is 12.0. The number of nitrogens with one attached hydrogen (secondary N) is 1. The molecule has 1 saturated carbocycles. The van der Waals surface area contributed by atoms with Gasteiger partial charge in [-0.15, -0.1) is 0 Å². The monoisotopic (exact) mass is 310 g/mol. The number of hydrogen-bond acceptors (Lipinski definition) is 4. The molecule has 7 heteroatoms. The Morgan fingerprint density at radius 1 is 1.14 bits per heavy atom. The van der Waals surface area contributed by atoms with E-state index in [4.69, 9.17) is 0 Å². The molecule has 1 fully saturated rings. The minimum atomic E-state index is -3.52. The first-order valence-corrected chi connectivity index (χ1v) is 8.40. The third-order valence-corrected chi connectivity index (χ3v) is 4.72. The van der Waals surface area contributed by atoms with Crippen LogP contribution in [-0.2, 0) is 10.0 Å². The molecule has 21 heavy (non-hydrogen) atoms. The van der Waals surface area contributed by atoms with Gasteiger partial charge in [0.05, 0.1) is 0 Å². The van der Waals surface area contributed by atoms with Crippen LogP contribution in [0.15, 0.2) is 35.7 Å². The van der Waals surface area contributed by atoms with Gasteiger partial charge < -0.3 is 0 Å². The molecule has 0 bridgehead atoms. The first-order chi connectivity index (χ1) is 9.96. The zero-order valence-electron chi connectivity index (χ0n) is 11.5. The van der Waals surface area contributed by atoms with E-state index >= 15 is 0 Å². The molecule has 0 saturated heterocycles. The minimum Gasteiger partial charge on any atom is -0.264 e. The lowest BCUT2D eigenvalue weighted by molar-refractivity contribution is -0.526. The minimum absolute atomic E-state index is 0.216. The Bertz CT molecular complexity index is 605. The highest BCUT2D eigenvalue weighted by molar-refractivity contribution is 7.92. The maximum Gasteiger partial charge on any atom is 0.233 e. The Morgan fingerprint density at radius 2 is 1.76 bits per heavy atom. The van der Waals surface area contributed by atoms with E-state index < -0.39 is 16.1 Å². The average Bonchev–Trinajstić information content (AvgIpc) is 2.46. The first-order valence-electron chi connectivity index (χ1n) is 6.85. The molecule has 0 atom stereocenters. The SMILES string of the molecule is O=[N+]([O-])C1CCC(NS(=O)(=O)/C=C/c2ccccc2)CC1. The van der Waals surface area contributed by atoms with Gasteiger partial charge in [-0.2, -0.15) is 0 Å². The molecule has 1 aliphatic carbocycles. The highest BCUT2D eigenvalue weighted by Crippen LogP contribution is 2.21. The number of nitro groups is 1. The summed E-state index contributed by atoms with van der Waals surface area (Å²) in [6.45, 7) is 0. The Hall–Kier alpha value is -1.73. The lowest BCUT2D eigenvalue weighted by atomic mass is 9.92. The predicted octanol–water partition coefficient (Wildman–Crippen LogP) is 2.16. The predicted molar refractivity (Wildman–Crippen MR) is 80.6 cm³/mol. The molecule has 0 aliphatic heterocycles. The van der Waals surface area contributed by atoms with Crippen molar-refractivity contribution in [2.45, 2.75) is 37.8 Å². The van der Waals surface area contributed by atoms with Crippen LogP contribution in [0.1, 0.15) is 31.2 Å². The quantitative estimate of drug-likeness (QED) is 0.666. The lowest BCUT2D eigenvalue weighted by Crippen LogP contribution is -2.39. The van der Waals surface area contributed by atoms with Crippen molar-refractivity contribution < 1.29 is 13.3 Å². The van der Waals surface area contributed by atoms with Crippen molar-refractivity contribution in [1.29, 1.82) is 0 Å². The Balaban J connectivity index is 1.90. The molecule has 1 N–H and O–H groups in total. The highest BCUT2D eigenvalue weighted by atomic mass is 32.2. The summed E-state index contributed by atoms with van der Waals surface area (Å²) in [7, 11) is -3.52. The molecule has 1 aromatic carbocycles. The second kappa shape index (κ2) is 6.82. The molecular formula is C14H18N2O4S. The van der Waals surface area contributed by atoms with E-state index in [0.717, 1.165) is 11.0 Å². The summed E-state index contributed by atoms with van der Waals surface area (Å²) in [6, 6.07) is 8.40. The average molecular weight is 310 g/mol. The fourth-order valence-electron chi connectivity index (χ4n) is 2.41. The fraction of sp³-hybridized carbons (Fsp3) is 0.429. The van der Waals surface area contributed by atoms with Crippen molar-refractivity contribution in [3.05, 3.63) is 51.4 Å². The van der Waals surface area contributed by atoms with Crippen LogP contribution in [0.25, 0.3) is 6.08 Å². The van der Waals surface area contributed by atoms with Gasteiger partial charge in [-0.3, -0.25) is 10.1 Å². The summed E-state index contributed by atoms with van der Waals surface area (Å²) >= 11 is 0. The van der Waals surface area contributed by atoms with Crippen LogP contribution < -0.4 is 4.72 Å². The summed E-state index contributed by atoms with van der Waals surface area (Å²) < 4.78 is 26.5. The van der Waals surface area contributed by atoms with Gasteiger partial charge in [0, 0.05) is 29.2 Å². The molecule has 0 radical (unpaired) electrons. The van der Waals surface area contributed by atoms with E-state index in [9.17, 15) is 18.5 Å². The summed E-state index contributed by atoms with van der Waals surface area (Å²) in [6.07, 6.45) is 3.38. The molecule has 1 aliphatic rings. The van der Waals surface area contributed by atoms with Crippen LogP contribution in [0.3, 0.4) is 0 Å². The molecule has 0 aromatic heterocycles. The molecule has 6 nitrogen and oxygen atoms in total. The Labute approximate surface area is 124 Å². The van der Waals surface area contributed by atoms with E-state index in [1.54, 1.807) is 0 Å². The summed E-state index contributed by atoms with van der Waals surface area (Å²) in [5.41, 5.74) is 0.805. The number of benzene rings is 1. The van der Waals surface area contributed by atoms with Crippen molar-refractivity contribution >= 4 is 16.1 Å². The van der Waals surface area contributed by atoms with E-state index in [1.165, 1.54) is 6.08 Å². The zero-order valence-corrected chi connectivity index (χ0v) is 12.3. The number of rotatable bonds is 5. The zero-order chi connectivity index (χ0) is 15.3. The second-order valence-corrected chi connectivity index (χ2v) is 6.76.